The van der Waals surface area contributed by atoms with Gasteiger partial charge in [-0.3, -0.25) is 0 Å². The maximum atomic E-state index is 13.6. The number of unbranched alkanes of at least 4 members (excludes halogenated alkanes) is 1. The van der Waals surface area contributed by atoms with Crippen molar-refractivity contribution in [2.24, 2.45) is 0 Å². The van der Waals surface area contributed by atoms with Gasteiger partial charge in [-0.1, -0.05) is 68.1 Å². The molecule has 1 atom stereocenters. The zero-order valence-corrected chi connectivity index (χ0v) is 27.7. The molecule has 6 nitrogen and oxygen atoms in total. The summed E-state index contributed by atoms with van der Waals surface area (Å²) in [5, 5.41) is 0. The first-order valence-electron chi connectivity index (χ1n) is 13.6. The second-order valence-electron chi connectivity index (χ2n) is 11.4. The number of nitrogens with zero attached hydrogens (tertiary/aromatic N) is 1. The standard InChI is InChI=1S/C25H57NO5Si3/c1-14-24(10)30-33(28-15-2,29-16-3)20-18-17-19-26(32(11,12)13)25(27)31-34(21(4)5,22(6)7)23(8)9/h21-24H,14-20H2,1-13H3. The van der Waals surface area contributed by atoms with E-state index in [1.165, 1.54) is 0 Å². The number of hydrogen-bond donors (Lipinski definition) is 0. The van der Waals surface area contributed by atoms with Crippen LogP contribution in [0.1, 0.15) is 88.5 Å². The van der Waals surface area contributed by atoms with Gasteiger partial charge in [0, 0.05) is 31.9 Å². The fourth-order valence-corrected chi connectivity index (χ4v) is 14.6. The SMILES string of the molecule is CCO[Si](CCCCN(C(=O)O[Si](C(C)C)(C(C)C)C(C)C)[Si](C)(C)C)(OCC)OC(C)CC. The van der Waals surface area contributed by atoms with Crippen LogP contribution in [0.2, 0.25) is 42.3 Å². The Labute approximate surface area is 215 Å². The van der Waals surface area contributed by atoms with E-state index in [1.54, 1.807) is 0 Å². The molecule has 0 spiro atoms. The molecule has 0 aliphatic rings. The Bertz CT molecular complexity index is 554. The fraction of sp³-hybridized carbons (Fsp3) is 0.960. The van der Waals surface area contributed by atoms with Gasteiger partial charge in [-0.05, 0) is 56.7 Å². The summed E-state index contributed by atoms with van der Waals surface area (Å²) < 4.78 is 27.2. The van der Waals surface area contributed by atoms with E-state index in [2.05, 4.69) is 79.6 Å². The van der Waals surface area contributed by atoms with Gasteiger partial charge in [0.25, 0.3) is 8.32 Å². The van der Waals surface area contributed by atoms with Crippen LogP contribution in [0.25, 0.3) is 0 Å². The van der Waals surface area contributed by atoms with Crippen molar-refractivity contribution in [2.45, 2.75) is 137 Å². The summed E-state index contributed by atoms with van der Waals surface area (Å²) in [7, 11) is -6.91. The van der Waals surface area contributed by atoms with Crippen LogP contribution >= 0.6 is 0 Å². The fourth-order valence-electron chi connectivity index (χ4n) is 5.01. The van der Waals surface area contributed by atoms with E-state index in [-0.39, 0.29) is 12.2 Å². The quantitative estimate of drug-likeness (QED) is 0.139. The molecule has 0 aromatic carbocycles. The number of rotatable bonds is 17. The first-order chi connectivity index (χ1) is 15.6. The van der Waals surface area contributed by atoms with Gasteiger partial charge in [0.15, 0.2) is 8.24 Å². The molecule has 0 saturated heterocycles. The highest BCUT2D eigenvalue weighted by Gasteiger charge is 2.49. The minimum absolute atomic E-state index is 0.101. The van der Waals surface area contributed by atoms with Gasteiger partial charge in [-0.15, -0.1) is 0 Å². The van der Waals surface area contributed by atoms with E-state index < -0.39 is 25.4 Å². The lowest BCUT2D eigenvalue weighted by molar-refractivity contribution is 0.0366. The lowest BCUT2D eigenvalue weighted by atomic mass is 10.3. The summed E-state index contributed by atoms with van der Waals surface area (Å²) in [4.78, 5) is 13.6. The highest BCUT2D eigenvalue weighted by atomic mass is 28.4. The van der Waals surface area contributed by atoms with Crippen LogP contribution in [0.15, 0.2) is 0 Å². The molecule has 0 aromatic rings. The summed E-state index contributed by atoms with van der Waals surface area (Å²) in [6.07, 6.45) is 2.72. The lowest BCUT2D eigenvalue weighted by Gasteiger charge is -2.44. The zero-order chi connectivity index (χ0) is 26.7. The Balaban J connectivity index is 5.49. The van der Waals surface area contributed by atoms with Crippen LogP contribution in [0.3, 0.4) is 0 Å². The van der Waals surface area contributed by atoms with Crippen molar-refractivity contribution in [3.8, 4) is 0 Å². The van der Waals surface area contributed by atoms with Crippen molar-refractivity contribution in [2.75, 3.05) is 19.8 Å². The van der Waals surface area contributed by atoms with Crippen molar-refractivity contribution in [1.29, 1.82) is 0 Å². The average Bonchev–Trinajstić information content (AvgIpc) is 2.70. The molecule has 9 heteroatoms. The third kappa shape index (κ3) is 9.69. The minimum Gasteiger partial charge on any atom is -0.503 e. The van der Waals surface area contributed by atoms with Gasteiger partial charge in [0.1, 0.15) is 0 Å². The normalized spacial score (nSPS) is 14.2. The van der Waals surface area contributed by atoms with E-state index in [9.17, 15) is 4.79 Å². The van der Waals surface area contributed by atoms with Crippen LogP contribution in [-0.4, -0.2) is 61.9 Å². The topological polar surface area (TPSA) is 57.2 Å². The summed E-state index contributed by atoms with van der Waals surface area (Å²) in [6.45, 7) is 30.1. The van der Waals surface area contributed by atoms with Crippen molar-refractivity contribution < 1.29 is 22.5 Å². The first-order valence-corrected chi connectivity index (χ1v) is 21.1. The maximum Gasteiger partial charge on any atom is 0.501 e. The van der Waals surface area contributed by atoms with Crippen molar-refractivity contribution in [1.82, 2.24) is 4.57 Å². The predicted octanol–water partition coefficient (Wildman–Crippen LogP) is 8.04. The van der Waals surface area contributed by atoms with Gasteiger partial charge >= 0.3 is 14.9 Å². The van der Waals surface area contributed by atoms with Gasteiger partial charge in [0.2, 0.25) is 0 Å². The molecule has 34 heavy (non-hydrogen) atoms. The second kappa shape index (κ2) is 15.1. The monoisotopic (exact) mass is 535 g/mol. The molecule has 0 saturated carbocycles. The van der Waals surface area contributed by atoms with Gasteiger partial charge in [0.05, 0.1) is 0 Å². The van der Waals surface area contributed by atoms with E-state index in [4.69, 9.17) is 17.7 Å². The van der Waals surface area contributed by atoms with E-state index in [0.717, 1.165) is 25.3 Å². The number of hydrogen-bond acceptors (Lipinski definition) is 5. The molecular formula is C25H57NO5Si3. The average molecular weight is 536 g/mol. The molecule has 1 amide bonds. The van der Waals surface area contributed by atoms with Crippen LogP contribution in [0.4, 0.5) is 4.79 Å². The maximum absolute atomic E-state index is 13.6. The Kier molecular flexibility index (Phi) is 15.1. The molecule has 204 valence electrons. The Hall–Kier alpha value is -0.199. The number of amides is 1. The smallest absolute Gasteiger partial charge is 0.501 e. The lowest BCUT2D eigenvalue weighted by Crippen LogP contribution is -2.57. The Morgan fingerprint density at radius 1 is 0.794 bits per heavy atom. The Morgan fingerprint density at radius 2 is 1.26 bits per heavy atom. The molecule has 0 N–H and O–H groups in total. The number of carbonyl (C=O) groups is 1. The van der Waals surface area contributed by atoms with Gasteiger partial charge in [-0.2, -0.15) is 0 Å². The molecule has 0 aliphatic heterocycles. The third-order valence-electron chi connectivity index (χ3n) is 6.80. The molecular weight excluding hydrogens is 479 g/mol. The third-order valence-corrected chi connectivity index (χ3v) is 18.0. The highest BCUT2D eigenvalue weighted by molar-refractivity contribution is 6.80. The summed E-state index contributed by atoms with van der Waals surface area (Å²) in [6, 6.07) is 0.774. The first kappa shape index (κ1) is 33.8. The van der Waals surface area contributed by atoms with Gasteiger partial charge in [-0.25, -0.2) is 4.79 Å². The molecule has 1 unspecified atom stereocenters. The van der Waals surface area contributed by atoms with Crippen molar-refractivity contribution in [3.63, 3.8) is 0 Å². The molecule has 0 rings (SSSR count). The second-order valence-corrected chi connectivity index (χ2v) is 24.3. The number of carbonyl (C=O) groups excluding carboxylic acids is 1. The highest BCUT2D eigenvalue weighted by Crippen LogP contribution is 2.42. The van der Waals surface area contributed by atoms with Crippen molar-refractivity contribution in [3.05, 3.63) is 0 Å². The zero-order valence-electron chi connectivity index (χ0n) is 24.7. The molecule has 0 fully saturated rings. The minimum atomic E-state index is -2.72. The summed E-state index contributed by atoms with van der Waals surface area (Å²) in [5.41, 5.74) is 1.13. The largest absolute Gasteiger partial charge is 0.503 e. The van der Waals surface area contributed by atoms with Crippen LogP contribution in [0, 0.1) is 0 Å². The Morgan fingerprint density at radius 3 is 1.62 bits per heavy atom. The van der Waals surface area contributed by atoms with E-state index in [0.29, 0.717) is 36.4 Å². The molecule has 0 bridgehead atoms. The van der Waals surface area contributed by atoms with E-state index >= 15 is 0 Å². The summed E-state index contributed by atoms with van der Waals surface area (Å²) in [5.74, 6) is 0. The van der Waals surface area contributed by atoms with Crippen LogP contribution in [0.5, 0.6) is 0 Å². The molecule has 0 aliphatic carbocycles. The molecule has 0 radical (unpaired) electrons. The van der Waals surface area contributed by atoms with Crippen LogP contribution in [-0.2, 0) is 17.7 Å². The molecule has 0 heterocycles. The predicted molar refractivity (Wildman–Crippen MR) is 151 cm³/mol. The van der Waals surface area contributed by atoms with E-state index in [1.807, 2.05) is 13.8 Å². The molecule has 0 aromatic heterocycles. The van der Waals surface area contributed by atoms with Crippen LogP contribution < -0.4 is 0 Å². The van der Waals surface area contributed by atoms with Crippen molar-refractivity contribution >= 4 is 31.5 Å². The van der Waals surface area contributed by atoms with Gasteiger partial charge < -0.3 is 22.3 Å². The summed E-state index contributed by atoms with van der Waals surface area (Å²) >= 11 is 0.